The molecule has 0 saturated carbocycles. The Bertz CT molecular complexity index is 977. The highest BCUT2D eigenvalue weighted by atomic mass is 19.1. The lowest BCUT2D eigenvalue weighted by atomic mass is 9.70. The summed E-state index contributed by atoms with van der Waals surface area (Å²) in [5.74, 6) is 0.758. The molecule has 7 heteroatoms. The van der Waals surface area contributed by atoms with Crippen molar-refractivity contribution in [3.05, 3.63) is 71.8 Å². The minimum Gasteiger partial charge on any atom is -0.352 e. The maximum Gasteiger partial charge on any atom is 0.319 e. The van der Waals surface area contributed by atoms with Crippen molar-refractivity contribution in [2.75, 3.05) is 11.9 Å². The number of allylic oxidation sites excluding steroid dienone is 1. The van der Waals surface area contributed by atoms with Crippen molar-refractivity contribution in [3.63, 3.8) is 0 Å². The predicted molar refractivity (Wildman–Crippen MR) is 128 cm³/mol. The number of nitrogens with one attached hydrogen (secondary N) is 3. The molecule has 1 aliphatic carbocycles. The van der Waals surface area contributed by atoms with Crippen molar-refractivity contribution < 1.29 is 14.0 Å². The fourth-order valence-electron chi connectivity index (χ4n) is 4.46. The molecule has 2 aromatic rings. The molecule has 3 rings (SSSR count). The second kappa shape index (κ2) is 11.6. The number of benzene rings is 1. The molecule has 0 bridgehead atoms. The van der Waals surface area contributed by atoms with E-state index >= 15 is 0 Å². The highest BCUT2D eigenvalue weighted by Crippen LogP contribution is 2.38. The van der Waals surface area contributed by atoms with Gasteiger partial charge in [0.25, 0.3) is 0 Å². The average molecular weight is 453 g/mol. The maximum atomic E-state index is 13.3. The second-order valence-corrected chi connectivity index (χ2v) is 9.10. The van der Waals surface area contributed by atoms with Gasteiger partial charge < -0.3 is 16.0 Å². The summed E-state index contributed by atoms with van der Waals surface area (Å²) in [6, 6.07) is 9.26. The molecule has 176 valence electrons. The number of hydrogen-bond acceptors (Lipinski definition) is 3. The van der Waals surface area contributed by atoms with E-state index in [1.165, 1.54) is 17.7 Å². The number of urea groups is 1. The summed E-state index contributed by atoms with van der Waals surface area (Å²) < 4.78 is 13.3. The Morgan fingerprint density at radius 2 is 2.00 bits per heavy atom. The van der Waals surface area contributed by atoms with Gasteiger partial charge in [-0.15, -0.1) is 0 Å². The first-order valence-electron chi connectivity index (χ1n) is 11.5. The van der Waals surface area contributed by atoms with E-state index in [1.54, 1.807) is 24.5 Å². The van der Waals surface area contributed by atoms with Crippen LogP contribution in [0.15, 0.2) is 60.4 Å². The van der Waals surface area contributed by atoms with Crippen LogP contribution in [0.4, 0.5) is 14.9 Å². The lowest BCUT2D eigenvalue weighted by molar-refractivity contribution is -0.122. The molecule has 6 nitrogen and oxygen atoms in total. The van der Waals surface area contributed by atoms with Crippen LogP contribution in [0.2, 0.25) is 0 Å². The quantitative estimate of drug-likeness (QED) is 0.498. The molecule has 3 amide bonds. The lowest BCUT2D eigenvalue weighted by Gasteiger charge is -2.37. The van der Waals surface area contributed by atoms with E-state index in [0.29, 0.717) is 37.0 Å². The van der Waals surface area contributed by atoms with Crippen LogP contribution in [0.25, 0.3) is 0 Å². The van der Waals surface area contributed by atoms with Crippen LogP contribution in [0, 0.1) is 29.5 Å². The van der Waals surface area contributed by atoms with E-state index in [-0.39, 0.29) is 23.8 Å². The smallest absolute Gasteiger partial charge is 0.319 e. The predicted octanol–water partition coefficient (Wildman–Crippen LogP) is 4.90. The first kappa shape index (κ1) is 24.4. The number of nitrogens with zero attached hydrogens (tertiary/aromatic N) is 1. The molecule has 0 saturated heterocycles. The van der Waals surface area contributed by atoms with Crippen molar-refractivity contribution in [1.29, 1.82) is 0 Å². The fraction of sp³-hybridized carbons (Fsp3) is 0.423. The number of anilines is 1. The van der Waals surface area contributed by atoms with E-state index in [1.807, 2.05) is 12.1 Å². The molecule has 0 radical (unpaired) electrons. The maximum absolute atomic E-state index is 13.3. The van der Waals surface area contributed by atoms with Gasteiger partial charge in [-0.05, 0) is 66.8 Å². The van der Waals surface area contributed by atoms with Crippen molar-refractivity contribution in [2.24, 2.45) is 23.7 Å². The van der Waals surface area contributed by atoms with Gasteiger partial charge in [-0.2, -0.15) is 0 Å². The number of halogens is 1. The molecule has 1 aromatic heterocycles. The monoisotopic (exact) mass is 452 g/mol. The molecule has 0 spiro atoms. The van der Waals surface area contributed by atoms with Crippen LogP contribution in [0.1, 0.15) is 39.2 Å². The van der Waals surface area contributed by atoms with Crippen LogP contribution < -0.4 is 16.0 Å². The van der Waals surface area contributed by atoms with E-state index < -0.39 is 5.82 Å². The van der Waals surface area contributed by atoms with Gasteiger partial charge in [-0.1, -0.05) is 37.6 Å². The minimum atomic E-state index is -0.394. The van der Waals surface area contributed by atoms with Gasteiger partial charge in [0.1, 0.15) is 5.82 Å². The first-order valence-corrected chi connectivity index (χ1v) is 11.5. The van der Waals surface area contributed by atoms with Gasteiger partial charge >= 0.3 is 6.03 Å². The number of hydrogen-bond donors (Lipinski definition) is 3. The molecular formula is C26H33FN4O2. The van der Waals surface area contributed by atoms with E-state index in [9.17, 15) is 14.0 Å². The zero-order valence-electron chi connectivity index (χ0n) is 19.5. The number of carbonyl (C=O) groups is 2. The van der Waals surface area contributed by atoms with Crippen molar-refractivity contribution in [2.45, 2.75) is 40.2 Å². The third-order valence-corrected chi connectivity index (χ3v) is 6.31. The lowest BCUT2D eigenvalue weighted by Crippen LogP contribution is -2.39. The molecule has 0 aliphatic heterocycles. The van der Waals surface area contributed by atoms with Crippen molar-refractivity contribution in [3.8, 4) is 0 Å². The van der Waals surface area contributed by atoms with E-state index in [0.717, 1.165) is 12.0 Å². The second-order valence-electron chi connectivity index (χ2n) is 9.10. The Morgan fingerprint density at radius 3 is 2.70 bits per heavy atom. The van der Waals surface area contributed by atoms with Gasteiger partial charge in [0, 0.05) is 37.6 Å². The summed E-state index contributed by atoms with van der Waals surface area (Å²) in [6.45, 7) is 7.39. The van der Waals surface area contributed by atoms with E-state index in [2.05, 4.69) is 47.8 Å². The molecule has 1 aliphatic rings. The Hall–Kier alpha value is -3.22. The third-order valence-electron chi connectivity index (χ3n) is 6.31. The van der Waals surface area contributed by atoms with Crippen molar-refractivity contribution >= 4 is 17.6 Å². The largest absolute Gasteiger partial charge is 0.352 e. The molecule has 1 aromatic carbocycles. The summed E-state index contributed by atoms with van der Waals surface area (Å²) >= 11 is 0. The van der Waals surface area contributed by atoms with Crippen LogP contribution in [-0.4, -0.2) is 23.5 Å². The highest BCUT2D eigenvalue weighted by molar-refractivity contribution is 5.89. The zero-order chi connectivity index (χ0) is 23.8. The summed E-state index contributed by atoms with van der Waals surface area (Å²) in [4.78, 5) is 28.9. The fourth-order valence-corrected chi connectivity index (χ4v) is 4.46. The molecule has 3 atom stereocenters. The van der Waals surface area contributed by atoms with E-state index in [4.69, 9.17) is 0 Å². The number of pyridine rings is 1. The number of carbonyl (C=O) groups excluding carboxylic acids is 2. The van der Waals surface area contributed by atoms with Gasteiger partial charge in [0.2, 0.25) is 5.91 Å². The molecular weight excluding hydrogens is 419 g/mol. The normalized spacial score (nSPS) is 20.2. The topological polar surface area (TPSA) is 83.1 Å². The average Bonchev–Trinajstić information content (AvgIpc) is 2.78. The van der Waals surface area contributed by atoms with Crippen molar-refractivity contribution in [1.82, 2.24) is 15.6 Å². The Labute approximate surface area is 195 Å². The Kier molecular flexibility index (Phi) is 8.58. The number of aromatic nitrogens is 1. The summed E-state index contributed by atoms with van der Waals surface area (Å²) in [7, 11) is 0. The summed E-state index contributed by atoms with van der Waals surface area (Å²) in [5.41, 5.74) is 2.57. The molecule has 33 heavy (non-hydrogen) atoms. The molecule has 1 heterocycles. The van der Waals surface area contributed by atoms with Crippen LogP contribution >= 0.6 is 0 Å². The van der Waals surface area contributed by atoms with Crippen LogP contribution in [0.5, 0.6) is 0 Å². The van der Waals surface area contributed by atoms with Gasteiger partial charge in [0.05, 0.1) is 0 Å². The summed E-state index contributed by atoms with van der Waals surface area (Å²) in [5, 5.41) is 8.58. The molecule has 3 N–H and O–H groups in total. The molecule has 0 fully saturated rings. The number of rotatable bonds is 8. The van der Waals surface area contributed by atoms with Crippen LogP contribution in [-0.2, 0) is 11.3 Å². The molecule has 3 unspecified atom stereocenters. The highest BCUT2D eigenvalue weighted by Gasteiger charge is 2.32. The third kappa shape index (κ3) is 7.41. The summed E-state index contributed by atoms with van der Waals surface area (Å²) in [6.07, 6.45) is 7.02. The van der Waals surface area contributed by atoms with Gasteiger partial charge in [-0.25, -0.2) is 9.18 Å². The Morgan fingerprint density at radius 1 is 1.18 bits per heavy atom. The first-order chi connectivity index (χ1) is 15.8. The zero-order valence-corrected chi connectivity index (χ0v) is 19.5. The minimum absolute atomic E-state index is 0.0326. The number of amides is 3. The van der Waals surface area contributed by atoms with Gasteiger partial charge in [-0.3, -0.25) is 9.78 Å². The van der Waals surface area contributed by atoms with Gasteiger partial charge in [0.15, 0.2) is 0 Å². The standard InChI is InChI=1S/C26H33FN4O2/c1-17(2)24-11-20(12-25(32)29-15-19-6-5-9-28-14-19)18(3)10-21(24)16-30-26(33)31-23-8-4-7-22(27)13-23/h4-10,13-14,17,20-21,24H,11-12,15-16H2,1-3H3,(H,29,32)(H2,30,31,33). The van der Waals surface area contributed by atoms with Crippen LogP contribution in [0.3, 0.4) is 0 Å². The SMILES string of the molecule is CC1=CC(CNC(=O)Nc2cccc(F)c2)C(C(C)C)CC1CC(=O)NCc1cccnc1. The Balaban J connectivity index is 1.54.